The Kier molecular flexibility index (Phi) is 4.20. The molecule has 0 aromatic heterocycles. The quantitative estimate of drug-likeness (QED) is 0.783. The number of anilines is 1. The molecule has 0 bridgehead atoms. The summed E-state index contributed by atoms with van der Waals surface area (Å²) in [6, 6.07) is 7.76. The van der Waals surface area contributed by atoms with Gasteiger partial charge in [-0.2, -0.15) is 0 Å². The van der Waals surface area contributed by atoms with Crippen molar-refractivity contribution in [3.8, 4) is 0 Å². The second-order valence-corrected chi connectivity index (χ2v) is 4.80. The molecule has 4 nitrogen and oxygen atoms in total. The SMILES string of the molecule is CCOC(=O)CN1C(=O)C(C)CCc2ccccc21. The molecule has 102 valence electrons. The van der Waals surface area contributed by atoms with Crippen LogP contribution in [0.2, 0.25) is 0 Å². The van der Waals surface area contributed by atoms with Gasteiger partial charge in [0, 0.05) is 11.6 Å². The van der Waals surface area contributed by atoms with Crippen molar-refractivity contribution in [2.45, 2.75) is 26.7 Å². The normalized spacial score (nSPS) is 18.7. The number of nitrogens with zero attached hydrogens (tertiary/aromatic N) is 1. The van der Waals surface area contributed by atoms with Gasteiger partial charge in [-0.1, -0.05) is 25.1 Å². The Labute approximate surface area is 113 Å². The molecule has 0 radical (unpaired) electrons. The summed E-state index contributed by atoms with van der Waals surface area (Å²) in [5.74, 6) is -0.431. The van der Waals surface area contributed by atoms with E-state index < -0.39 is 0 Å². The van der Waals surface area contributed by atoms with Crippen LogP contribution in [-0.4, -0.2) is 25.0 Å². The van der Waals surface area contributed by atoms with E-state index in [9.17, 15) is 9.59 Å². The summed E-state index contributed by atoms with van der Waals surface area (Å²) in [7, 11) is 0. The molecule has 0 spiro atoms. The molecular weight excluding hydrogens is 242 g/mol. The lowest BCUT2D eigenvalue weighted by Crippen LogP contribution is -2.39. The van der Waals surface area contributed by atoms with Gasteiger partial charge in [-0.15, -0.1) is 0 Å². The van der Waals surface area contributed by atoms with Crippen molar-refractivity contribution in [3.63, 3.8) is 0 Å². The fourth-order valence-electron chi connectivity index (χ4n) is 2.36. The van der Waals surface area contributed by atoms with Crippen LogP contribution in [0.4, 0.5) is 5.69 Å². The van der Waals surface area contributed by atoms with E-state index in [4.69, 9.17) is 4.74 Å². The topological polar surface area (TPSA) is 46.6 Å². The largest absolute Gasteiger partial charge is 0.465 e. The van der Waals surface area contributed by atoms with Crippen LogP contribution in [0, 0.1) is 5.92 Å². The first-order valence-electron chi connectivity index (χ1n) is 6.68. The third-order valence-electron chi connectivity index (χ3n) is 3.41. The van der Waals surface area contributed by atoms with E-state index in [-0.39, 0.29) is 24.3 Å². The summed E-state index contributed by atoms with van der Waals surface area (Å²) >= 11 is 0. The predicted octanol–water partition coefficient (Wildman–Crippen LogP) is 2.17. The van der Waals surface area contributed by atoms with Crippen LogP contribution in [0.3, 0.4) is 0 Å². The van der Waals surface area contributed by atoms with Crippen molar-refractivity contribution in [1.29, 1.82) is 0 Å². The number of amides is 1. The van der Waals surface area contributed by atoms with Crippen LogP contribution in [0.1, 0.15) is 25.8 Å². The molecule has 1 amide bonds. The van der Waals surface area contributed by atoms with E-state index in [0.29, 0.717) is 6.61 Å². The van der Waals surface area contributed by atoms with Gasteiger partial charge in [0.2, 0.25) is 5.91 Å². The summed E-state index contributed by atoms with van der Waals surface area (Å²) < 4.78 is 4.95. The molecule has 1 atom stereocenters. The lowest BCUT2D eigenvalue weighted by molar-refractivity contribution is -0.142. The Hall–Kier alpha value is -1.84. The van der Waals surface area contributed by atoms with Crippen LogP contribution < -0.4 is 4.90 Å². The average Bonchev–Trinajstić information content (AvgIpc) is 2.52. The van der Waals surface area contributed by atoms with Crippen LogP contribution in [0.15, 0.2) is 24.3 Å². The number of hydrogen-bond acceptors (Lipinski definition) is 3. The van der Waals surface area contributed by atoms with Gasteiger partial charge in [0.25, 0.3) is 0 Å². The van der Waals surface area contributed by atoms with Gasteiger partial charge < -0.3 is 9.64 Å². The van der Waals surface area contributed by atoms with Crippen molar-refractivity contribution in [1.82, 2.24) is 0 Å². The third kappa shape index (κ3) is 2.95. The first-order valence-corrected chi connectivity index (χ1v) is 6.68. The van der Waals surface area contributed by atoms with Crippen LogP contribution in [0.25, 0.3) is 0 Å². The lowest BCUT2D eigenvalue weighted by atomic mass is 10.0. The highest BCUT2D eigenvalue weighted by atomic mass is 16.5. The highest BCUT2D eigenvalue weighted by molar-refractivity contribution is 6.00. The number of aryl methyl sites for hydroxylation is 1. The Morgan fingerprint density at radius 2 is 2.16 bits per heavy atom. The first kappa shape index (κ1) is 13.6. The van der Waals surface area contributed by atoms with E-state index in [2.05, 4.69) is 0 Å². The first-order chi connectivity index (χ1) is 9.13. The van der Waals surface area contributed by atoms with Crippen molar-refractivity contribution in [2.75, 3.05) is 18.1 Å². The summed E-state index contributed by atoms with van der Waals surface area (Å²) in [6.07, 6.45) is 1.68. The zero-order valence-corrected chi connectivity index (χ0v) is 11.4. The van der Waals surface area contributed by atoms with E-state index >= 15 is 0 Å². The minimum atomic E-state index is -0.361. The number of ether oxygens (including phenoxy) is 1. The standard InChI is InChI=1S/C15H19NO3/c1-3-19-14(17)10-16-13-7-5-4-6-12(13)9-8-11(2)15(16)18/h4-7,11H,3,8-10H2,1-2H3. The van der Waals surface area contributed by atoms with Crippen LogP contribution >= 0.6 is 0 Å². The van der Waals surface area contributed by atoms with Crippen LogP contribution in [-0.2, 0) is 20.7 Å². The summed E-state index contributed by atoms with van der Waals surface area (Å²) in [5.41, 5.74) is 1.95. The molecule has 1 heterocycles. The van der Waals surface area contributed by atoms with Gasteiger partial charge in [0.15, 0.2) is 0 Å². The third-order valence-corrected chi connectivity index (χ3v) is 3.41. The smallest absolute Gasteiger partial charge is 0.326 e. The maximum absolute atomic E-state index is 12.4. The van der Waals surface area contributed by atoms with Crippen molar-refractivity contribution in [3.05, 3.63) is 29.8 Å². The molecule has 0 N–H and O–H groups in total. The van der Waals surface area contributed by atoms with Crippen LogP contribution in [0.5, 0.6) is 0 Å². The maximum Gasteiger partial charge on any atom is 0.326 e. The van der Waals surface area contributed by atoms with E-state index in [0.717, 1.165) is 24.1 Å². The predicted molar refractivity (Wildman–Crippen MR) is 72.9 cm³/mol. The van der Waals surface area contributed by atoms with Crippen molar-refractivity contribution >= 4 is 17.6 Å². The van der Waals surface area contributed by atoms with Gasteiger partial charge >= 0.3 is 5.97 Å². The minimum Gasteiger partial charge on any atom is -0.465 e. The van der Waals surface area contributed by atoms with Crippen molar-refractivity contribution < 1.29 is 14.3 Å². The Morgan fingerprint density at radius 3 is 2.89 bits per heavy atom. The van der Waals surface area contributed by atoms with E-state index in [1.807, 2.05) is 31.2 Å². The molecule has 1 aliphatic heterocycles. The van der Waals surface area contributed by atoms with Gasteiger partial charge in [-0.05, 0) is 31.4 Å². The molecule has 0 aliphatic carbocycles. The molecule has 1 aromatic rings. The van der Waals surface area contributed by atoms with Gasteiger partial charge in [0.1, 0.15) is 6.54 Å². The number of rotatable bonds is 3. The number of benzene rings is 1. The Balaban J connectivity index is 2.31. The molecule has 0 saturated carbocycles. The second kappa shape index (κ2) is 5.87. The van der Waals surface area contributed by atoms with Crippen molar-refractivity contribution in [2.24, 2.45) is 5.92 Å². The summed E-state index contributed by atoms with van der Waals surface area (Å²) in [5, 5.41) is 0. The monoisotopic (exact) mass is 261 g/mol. The molecule has 1 aromatic carbocycles. The molecule has 19 heavy (non-hydrogen) atoms. The number of carbonyl (C=O) groups is 2. The number of fused-ring (bicyclic) bond motifs is 1. The maximum atomic E-state index is 12.4. The highest BCUT2D eigenvalue weighted by Gasteiger charge is 2.28. The minimum absolute atomic E-state index is 0.00185. The second-order valence-electron chi connectivity index (χ2n) is 4.80. The molecule has 4 heteroatoms. The Bertz CT molecular complexity index is 484. The summed E-state index contributed by atoms with van der Waals surface area (Å²) in [4.78, 5) is 25.6. The Morgan fingerprint density at radius 1 is 1.42 bits per heavy atom. The number of esters is 1. The van der Waals surface area contributed by atoms with Gasteiger partial charge in [-0.3, -0.25) is 9.59 Å². The molecular formula is C15H19NO3. The number of para-hydroxylation sites is 1. The fourth-order valence-corrected chi connectivity index (χ4v) is 2.36. The molecule has 0 saturated heterocycles. The van der Waals surface area contributed by atoms with Gasteiger partial charge in [0.05, 0.1) is 6.61 Å². The molecule has 1 aliphatic rings. The molecule has 2 rings (SSSR count). The van der Waals surface area contributed by atoms with Gasteiger partial charge in [-0.25, -0.2) is 0 Å². The zero-order valence-electron chi connectivity index (χ0n) is 11.4. The van der Waals surface area contributed by atoms with E-state index in [1.165, 1.54) is 0 Å². The highest BCUT2D eigenvalue weighted by Crippen LogP contribution is 2.28. The molecule has 1 unspecified atom stereocenters. The number of carbonyl (C=O) groups excluding carboxylic acids is 2. The molecule has 0 fully saturated rings. The summed E-state index contributed by atoms with van der Waals surface area (Å²) in [6.45, 7) is 4.00. The zero-order chi connectivity index (χ0) is 13.8. The average molecular weight is 261 g/mol. The lowest BCUT2D eigenvalue weighted by Gasteiger charge is -2.23. The fraction of sp³-hybridized carbons (Fsp3) is 0.467. The number of hydrogen-bond donors (Lipinski definition) is 0. The van der Waals surface area contributed by atoms with E-state index in [1.54, 1.807) is 11.8 Å².